The van der Waals surface area contributed by atoms with Gasteiger partial charge in [0.1, 0.15) is 5.69 Å². The van der Waals surface area contributed by atoms with E-state index >= 15 is 0 Å². The third kappa shape index (κ3) is 2.23. The highest BCUT2D eigenvalue weighted by Crippen LogP contribution is 2.28. The van der Waals surface area contributed by atoms with Crippen LogP contribution < -0.4 is 10.1 Å². The highest BCUT2D eigenvalue weighted by molar-refractivity contribution is 5.97. The van der Waals surface area contributed by atoms with E-state index in [2.05, 4.69) is 15.2 Å². The Labute approximate surface area is 128 Å². The van der Waals surface area contributed by atoms with Crippen molar-refractivity contribution in [2.45, 2.75) is 18.9 Å². The van der Waals surface area contributed by atoms with Gasteiger partial charge in [0.25, 0.3) is 11.8 Å². The largest absolute Gasteiger partial charge is 0.478 e. The molecule has 1 N–H and O–H groups in total. The molecule has 3 aliphatic rings. The minimum atomic E-state index is -0.139. The number of pyridine rings is 1. The van der Waals surface area contributed by atoms with Crippen LogP contribution in [-0.4, -0.2) is 48.6 Å². The molecule has 3 aliphatic heterocycles. The molecule has 22 heavy (non-hydrogen) atoms. The molecule has 3 saturated heterocycles. The average molecular weight is 301 g/mol. The topological polar surface area (TPSA) is 67.6 Å². The summed E-state index contributed by atoms with van der Waals surface area (Å²) in [5, 5.41) is 3.97. The van der Waals surface area contributed by atoms with E-state index in [9.17, 15) is 4.79 Å². The number of methoxy groups -OCH3 is 1. The zero-order valence-corrected chi connectivity index (χ0v) is 12.5. The quantitative estimate of drug-likeness (QED) is 0.934. The second kappa shape index (κ2) is 5.28. The smallest absolute Gasteiger partial charge is 0.270 e. The van der Waals surface area contributed by atoms with Crippen molar-refractivity contribution in [1.29, 1.82) is 0 Å². The van der Waals surface area contributed by atoms with E-state index in [-0.39, 0.29) is 11.9 Å². The molecular formula is C16H19N3O3. The minimum absolute atomic E-state index is 0.139. The number of carbonyl (C=O) groups excluding carboxylic acids is 1. The van der Waals surface area contributed by atoms with E-state index in [1.807, 2.05) is 6.07 Å². The van der Waals surface area contributed by atoms with E-state index in [0.717, 1.165) is 25.0 Å². The van der Waals surface area contributed by atoms with Crippen LogP contribution in [-0.2, 0) is 0 Å². The molecule has 6 heteroatoms. The molecule has 0 radical (unpaired) electrons. The highest BCUT2D eigenvalue weighted by atomic mass is 16.5. The lowest BCUT2D eigenvalue weighted by Gasteiger charge is -2.44. The molecule has 2 bridgehead atoms. The first-order valence-electron chi connectivity index (χ1n) is 7.70. The molecule has 2 aromatic heterocycles. The van der Waals surface area contributed by atoms with Gasteiger partial charge in [-0.2, -0.15) is 0 Å². The van der Waals surface area contributed by atoms with Crippen molar-refractivity contribution >= 4 is 16.9 Å². The van der Waals surface area contributed by atoms with Crippen LogP contribution in [0.25, 0.3) is 11.0 Å². The Hall–Kier alpha value is -2.08. The second-order valence-corrected chi connectivity index (χ2v) is 6.07. The predicted octanol–water partition coefficient (Wildman–Crippen LogP) is 1.66. The zero-order valence-electron chi connectivity index (χ0n) is 12.5. The normalized spacial score (nSPS) is 27.0. The van der Waals surface area contributed by atoms with Crippen LogP contribution in [0.4, 0.5) is 0 Å². The summed E-state index contributed by atoms with van der Waals surface area (Å²) < 4.78 is 10.6. The van der Waals surface area contributed by atoms with Crippen molar-refractivity contribution in [2.75, 3.05) is 26.7 Å². The minimum Gasteiger partial charge on any atom is -0.478 e. The number of nitrogens with zero attached hydrogens (tertiary/aromatic N) is 2. The molecule has 5 heterocycles. The molecule has 1 atom stereocenters. The van der Waals surface area contributed by atoms with Crippen molar-refractivity contribution in [2.24, 2.45) is 5.92 Å². The van der Waals surface area contributed by atoms with Crippen LogP contribution >= 0.6 is 0 Å². The number of amides is 1. The Kier molecular flexibility index (Phi) is 3.26. The zero-order chi connectivity index (χ0) is 15.1. The fraction of sp³-hybridized carbons (Fsp3) is 0.500. The number of furan rings is 1. The molecule has 1 amide bonds. The molecule has 3 fully saturated rings. The van der Waals surface area contributed by atoms with E-state index in [4.69, 9.17) is 9.15 Å². The third-order valence-corrected chi connectivity index (χ3v) is 4.80. The van der Waals surface area contributed by atoms with E-state index in [0.29, 0.717) is 23.1 Å². The maximum absolute atomic E-state index is 12.5. The number of carbonyl (C=O) groups is 1. The standard InChI is InChI=1S/C16H19N3O3/c1-21-16-14-11(4-7-22-14)8-12(18-16)15(20)17-13-9-19-5-2-10(13)3-6-19/h4,7-8,10,13H,2-3,5-6,9H2,1H3,(H,17,20)/t13-/m0/s1. The summed E-state index contributed by atoms with van der Waals surface area (Å²) in [6.45, 7) is 3.26. The van der Waals surface area contributed by atoms with Crippen molar-refractivity contribution in [3.63, 3.8) is 0 Å². The summed E-state index contributed by atoms with van der Waals surface area (Å²) in [4.78, 5) is 19.2. The Balaban J connectivity index is 1.57. The van der Waals surface area contributed by atoms with Crippen LogP contribution in [0.5, 0.6) is 5.88 Å². The predicted molar refractivity (Wildman–Crippen MR) is 81.0 cm³/mol. The fourth-order valence-corrected chi connectivity index (χ4v) is 3.57. The van der Waals surface area contributed by atoms with Gasteiger partial charge in [-0.3, -0.25) is 4.79 Å². The van der Waals surface area contributed by atoms with Crippen LogP contribution in [0, 0.1) is 5.92 Å². The van der Waals surface area contributed by atoms with E-state index in [1.54, 1.807) is 12.3 Å². The summed E-state index contributed by atoms with van der Waals surface area (Å²) in [5.41, 5.74) is 0.948. The number of piperidine rings is 3. The van der Waals surface area contributed by atoms with Gasteiger partial charge in [-0.05, 0) is 44.0 Å². The van der Waals surface area contributed by atoms with Crippen LogP contribution in [0.3, 0.4) is 0 Å². The van der Waals surface area contributed by atoms with Gasteiger partial charge < -0.3 is 19.4 Å². The Morgan fingerprint density at radius 3 is 2.95 bits per heavy atom. The van der Waals surface area contributed by atoms with E-state index in [1.165, 1.54) is 20.0 Å². The first-order valence-corrected chi connectivity index (χ1v) is 7.70. The lowest BCUT2D eigenvalue weighted by molar-refractivity contribution is 0.0617. The monoisotopic (exact) mass is 301 g/mol. The van der Waals surface area contributed by atoms with Crippen molar-refractivity contribution < 1.29 is 13.9 Å². The molecule has 0 unspecified atom stereocenters. The summed E-state index contributed by atoms with van der Waals surface area (Å²) in [6.07, 6.45) is 3.91. The lowest BCUT2D eigenvalue weighted by Crippen LogP contribution is -2.57. The first kappa shape index (κ1) is 13.6. The second-order valence-electron chi connectivity index (χ2n) is 6.07. The van der Waals surface area contributed by atoms with Crippen LogP contribution in [0.2, 0.25) is 0 Å². The third-order valence-electron chi connectivity index (χ3n) is 4.80. The van der Waals surface area contributed by atoms with Crippen molar-refractivity contribution in [1.82, 2.24) is 15.2 Å². The Morgan fingerprint density at radius 1 is 1.45 bits per heavy atom. The lowest BCUT2D eigenvalue weighted by atomic mass is 9.84. The number of rotatable bonds is 3. The number of hydrogen-bond donors (Lipinski definition) is 1. The summed E-state index contributed by atoms with van der Waals surface area (Å²) >= 11 is 0. The number of aromatic nitrogens is 1. The number of ether oxygens (including phenoxy) is 1. The van der Waals surface area contributed by atoms with Gasteiger partial charge in [-0.15, -0.1) is 0 Å². The molecule has 0 spiro atoms. The molecule has 116 valence electrons. The first-order chi connectivity index (χ1) is 10.7. The maximum Gasteiger partial charge on any atom is 0.270 e. The molecule has 0 aromatic carbocycles. The van der Waals surface area contributed by atoms with E-state index < -0.39 is 0 Å². The van der Waals surface area contributed by atoms with Gasteiger partial charge in [0, 0.05) is 18.0 Å². The van der Waals surface area contributed by atoms with Gasteiger partial charge in [0.15, 0.2) is 5.58 Å². The molecule has 6 nitrogen and oxygen atoms in total. The summed E-state index contributed by atoms with van der Waals surface area (Å²) in [5.74, 6) is 0.801. The van der Waals surface area contributed by atoms with Crippen molar-refractivity contribution in [3.05, 3.63) is 24.1 Å². The van der Waals surface area contributed by atoms with Gasteiger partial charge in [-0.25, -0.2) is 4.98 Å². The number of nitrogens with one attached hydrogen (secondary N) is 1. The van der Waals surface area contributed by atoms with Gasteiger partial charge in [0.05, 0.1) is 13.4 Å². The Bertz CT molecular complexity index is 704. The van der Waals surface area contributed by atoms with Crippen LogP contribution in [0.1, 0.15) is 23.3 Å². The van der Waals surface area contributed by atoms with Gasteiger partial charge in [0.2, 0.25) is 0 Å². The molecule has 0 saturated carbocycles. The SMILES string of the molecule is COc1nc(C(=O)N[C@H]2CN3CCC2CC3)cc2ccoc12. The van der Waals surface area contributed by atoms with Gasteiger partial charge in [-0.1, -0.05) is 0 Å². The highest BCUT2D eigenvalue weighted by Gasteiger charge is 2.35. The summed E-state index contributed by atoms with van der Waals surface area (Å²) in [7, 11) is 1.53. The summed E-state index contributed by atoms with van der Waals surface area (Å²) in [6, 6.07) is 3.78. The Morgan fingerprint density at radius 2 is 2.27 bits per heavy atom. The molecule has 0 aliphatic carbocycles. The van der Waals surface area contributed by atoms with Crippen LogP contribution in [0.15, 0.2) is 22.8 Å². The molecule has 2 aromatic rings. The molecular weight excluding hydrogens is 282 g/mol. The van der Waals surface area contributed by atoms with Crippen molar-refractivity contribution in [3.8, 4) is 5.88 Å². The molecule has 5 rings (SSSR count). The number of hydrogen-bond acceptors (Lipinski definition) is 5. The number of fused-ring (bicyclic) bond motifs is 4. The maximum atomic E-state index is 12.5. The van der Waals surface area contributed by atoms with Gasteiger partial charge >= 0.3 is 0 Å². The average Bonchev–Trinajstić information content (AvgIpc) is 3.03. The fourth-order valence-electron chi connectivity index (χ4n) is 3.57.